The zero-order valence-electron chi connectivity index (χ0n) is 10.2. The van der Waals surface area contributed by atoms with Gasteiger partial charge in [-0.2, -0.15) is 0 Å². The molecular weight excluding hydrogens is 450 g/mol. The Morgan fingerprint density at radius 2 is 1.86 bits per heavy atom. The van der Waals surface area contributed by atoms with Gasteiger partial charge in [0, 0.05) is 14.0 Å². The van der Waals surface area contributed by atoms with Gasteiger partial charge in [0.1, 0.15) is 4.90 Å². The van der Waals surface area contributed by atoms with Crippen molar-refractivity contribution in [1.29, 1.82) is 0 Å². The van der Waals surface area contributed by atoms with Crippen LogP contribution in [0.1, 0.15) is 0 Å². The summed E-state index contributed by atoms with van der Waals surface area (Å²) in [5.41, 5.74) is 5.31. The third kappa shape index (κ3) is 3.68. The lowest BCUT2D eigenvalue weighted by Crippen LogP contribution is -2.16. The minimum atomic E-state index is -4.17. The van der Waals surface area contributed by atoms with Gasteiger partial charge in [0.25, 0.3) is 10.0 Å². The number of rotatable bonds is 3. The van der Waals surface area contributed by atoms with Crippen LogP contribution in [-0.2, 0) is 10.0 Å². The highest BCUT2D eigenvalue weighted by Gasteiger charge is 2.22. The Labute approximate surface area is 142 Å². The molecule has 21 heavy (non-hydrogen) atoms. The zero-order chi connectivity index (χ0) is 15.8. The minimum Gasteiger partial charge on any atom is -0.396 e. The Bertz CT molecular complexity index is 815. The summed E-state index contributed by atoms with van der Waals surface area (Å²) in [6.45, 7) is 0. The lowest BCUT2D eigenvalue weighted by molar-refractivity contribution is 0.573. The molecule has 9 heteroatoms. The molecule has 0 saturated heterocycles. The van der Waals surface area contributed by atoms with Crippen LogP contribution in [0.4, 0.5) is 15.8 Å². The van der Waals surface area contributed by atoms with E-state index < -0.39 is 20.7 Å². The molecule has 0 aliphatic rings. The quantitative estimate of drug-likeness (QED) is 0.671. The molecule has 2 aromatic carbocycles. The van der Waals surface area contributed by atoms with Crippen LogP contribution in [-0.4, -0.2) is 8.42 Å². The number of nitrogens with two attached hydrogens (primary N) is 1. The average Bonchev–Trinajstić information content (AvgIpc) is 2.37. The van der Waals surface area contributed by atoms with Crippen molar-refractivity contribution in [3.63, 3.8) is 0 Å². The first-order chi connectivity index (χ1) is 9.70. The van der Waals surface area contributed by atoms with E-state index in [1.54, 1.807) is 12.1 Å². The van der Waals surface area contributed by atoms with Crippen LogP contribution in [0.15, 0.2) is 44.2 Å². The van der Waals surface area contributed by atoms with E-state index in [-0.39, 0.29) is 16.4 Å². The SMILES string of the molecule is Nc1cc(Cl)cc(S(=O)(=O)Nc2cc(Br)ccc2Br)c1F. The number of halogens is 4. The first-order valence-corrected chi connectivity index (χ1v) is 8.88. The first-order valence-electron chi connectivity index (χ1n) is 5.43. The second-order valence-corrected chi connectivity index (χ2v) is 7.89. The van der Waals surface area contributed by atoms with Gasteiger partial charge in [-0.3, -0.25) is 4.72 Å². The maximum Gasteiger partial charge on any atom is 0.264 e. The third-order valence-electron chi connectivity index (χ3n) is 2.49. The normalized spacial score (nSPS) is 11.4. The molecule has 112 valence electrons. The monoisotopic (exact) mass is 456 g/mol. The van der Waals surface area contributed by atoms with Gasteiger partial charge in [0.2, 0.25) is 0 Å². The fraction of sp³-hybridized carbons (Fsp3) is 0. The molecule has 0 heterocycles. The zero-order valence-corrected chi connectivity index (χ0v) is 14.9. The van der Waals surface area contributed by atoms with Crippen molar-refractivity contribution in [3.8, 4) is 0 Å². The van der Waals surface area contributed by atoms with E-state index in [1.165, 1.54) is 6.07 Å². The van der Waals surface area contributed by atoms with E-state index in [9.17, 15) is 12.8 Å². The Morgan fingerprint density at radius 1 is 1.19 bits per heavy atom. The van der Waals surface area contributed by atoms with E-state index in [0.29, 0.717) is 8.95 Å². The van der Waals surface area contributed by atoms with Gasteiger partial charge in [-0.15, -0.1) is 0 Å². The van der Waals surface area contributed by atoms with Gasteiger partial charge < -0.3 is 5.73 Å². The molecule has 0 aromatic heterocycles. The van der Waals surface area contributed by atoms with Crippen molar-refractivity contribution in [2.24, 2.45) is 0 Å². The van der Waals surface area contributed by atoms with E-state index in [2.05, 4.69) is 36.6 Å². The molecule has 0 aliphatic heterocycles. The molecule has 0 amide bonds. The molecule has 0 spiro atoms. The van der Waals surface area contributed by atoms with Crippen molar-refractivity contribution in [3.05, 3.63) is 50.1 Å². The molecule has 0 fully saturated rings. The fourth-order valence-corrected chi connectivity index (χ4v) is 3.89. The standard InChI is InChI=1S/C12H8Br2ClFN2O2S/c13-6-1-2-8(14)10(3-6)18-21(19,20)11-5-7(15)4-9(17)12(11)16/h1-5,18H,17H2. The van der Waals surface area contributed by atoms with E-state index in [0.717, 1.165) is 12.1 Å². The number of anilines is 2. The second kappa shape index (κ2) is 6.12. The maximum atomic E-state index is 13.9. The Morgan fingerprint density at radius 3 is 2.52 bits per heavy atom. The summed E-state index contributed by atoms with van der Waals surface area (Å²) in [6.07, 6.45) is 0. The molecule has 3 N–H and O–H groups in total. The number of sulfonamides is 1. The van der Waals surface area contributed by atoms with Gasteiger partial charge in [-0.25, -0.2) is 12.8 Å². The van der Waals surface area contributed by atoms with E-state index in [4.69, 9.17) is 17.3 Å². The molecule has 0 saturated carbocycles. The van der Waals surface area contributed by atoms with Crippen LogP contribution < -0.4 is 10.5 Å². The summed E-state index contributed by atoms with van der Waals surface area (Å²) < 4.78 is 42.0. The van der Waals surface area contributed by atoms with Crippen LogP contribution in [0.2, 0.25) is 5.02 Å². The van der Waals surface area contributed by atoms with E-state index in [1.807, 2.05) is 0 Å². The number of nitrogen functional groups attached to an aromatic ring is 1. The third-order valence-corrected chi connectivity index (χ3v) is 5.26. The predicted molar refractivity (Wildman–Crippen MR) is 88.5 cm³/mol. The van der Waals surface area contributed by atoms with Gasteiger partial charge >= 0.3 is 0 Å². The summed E-state index contributed by atoms with van der Waals surface area (Å²) in [5.74, 6) is -1.04. The Kier molecular flexibility index (Phi) is 4.82. The second-order valence-electron chi connectivity index (χ2n) is 4.04. The largest absolute Gasteiger partial charge is 0.396 e. The van der Waals surface area contributed by atoms with Crippen LogP contribution in [0.5, 0.6) is 0 Å². The Hall–Kier alpha value is -0.830. The topological polar surface area (TPSA) is 72.2 Å². The molecule has 0 aliphatic carbocycles. The smallest absolute Gasteiger partial charge is 0.264 e. The Balaban J connectivity index is 2.51. The molecule has 4 nitrogen and oxygen atoms in total. The van der Waals surface area contributed by atoms with E-state index >= 15 is 0 Å². The summed E-state index contributed by atoms with van der Waals surface area (Å²) in [5, 5.41) is 0.0302. The van der Waals surface area contributed by atoms with Gasteiger partial charge in [0.15, 0.2) is 5.82 Å². The summed E-state index contributed by atoms with van der Waals surface area (Å²) in [6, 6.07) is 7.05. The van der Waals surface area contributed by atoms with Crippen LogP contribution in [0, 0.1) is 5.82 Å². The van der Waals surface area contributed by atoms with Gasteiger partial charge in [0.05, 0.1) is 11.4 Å². The molecule has 0 unspecified atom stereocenters. The lowest BCUT2D eigenvalue weighted by atomic mass is 10.3. The lowest BCUT2D eigenvalue weighted by Gasteiger charge is -2.12. The summed E-state index contributed by atoms with van der Waals surface area (Å²) >= 11 is 12.2. The van der Waals surface area contributed by atoms with Crippen molar-refractivity contribution in [1.82, 2.24) is 0 Å². The van der Waals surface area contributed by atoms with Crippen molar-refractivity contribution in [2.45, 2.75) is 4.90 Å². The highest BCUT2D eigenvalue weighted by atomic mass is 79.9. The average molecular weight is 459 g/mol. The highest BCUT2D eigenvalue weighted by Crippen LogP contribution is 2.31. The molecule has 2 aromatic rings. The molecule has 2 rings (SSSR count). The number of hydrogen-bond acceptors (Lipinski definition) is 3. The van der Waals surface area contributed by atoms with Gasteiger partial charge in [-0.1, -0.05) is 27.5 Å². The van der Waals surface area contributed by atoms with Crippen molar-refractivity contribution < 1.29 is 12.8 Å². The van der Waals surface area contributed by atoms with Crippen LogP contribution >= 0.6 is 43.5 Å². The van der Waals surface area contributed by atoms with Crippen LogP contribution in [0.3, 0.4) is 0 Å². The fourth-order valence-electron chi connectivity index (χ4n) is 1.56. The molecule has 0 bridgehead atoms. The van der Waals surface area contributed by atoms with Crippen molar-refractivity contribution in [2.75, 3.05) is 10.5 Å². The van der Waals surface area contributed by atoms with Crippen molar-refractivity contribution >= 4 is 64.9 Å². The maximum absolute atomic E-state index is 13.9. The number of nitrogens with one attached hydrogen (secondary N) is 1. The predicted octanol–water partition coefficient (Wildman–Crippen LogP) is 4.39. The minimum absolute atomic E-state index is 0.0302. The molecular formula is C12H8Br2ClFN2O2S. The summed E-state index contributed by atoms with van der Waals surface area (Å²) in [7, 11) is -4.17. The molecule has 0 atom stereocenters. The summed E-state index contributed by atoms with van der Waals surface area (Å²) in [4.78, 5) is -0.612. The number of hydrogen-bond donors (Lipinski definition) is 2. The molecule has 0 radical (unpaired) electrons. The van der Waals surface area contributed by atoms with Gasteiger partial charge in [-0.05, 0) is 46.3 Å². The first kappa shape index (κ1) is 16.5. The van der Waals surface area contributed by atoms with Crippen LogP contribution in [0.25, 0.3) is 0 Å². The number of benzene rings is 2. The highest BCUT2D eigenvalue weighted by molar-refractivity contribution is 9.11.